The smallest absolute Gasteiger partial charge is 0.318 e. The summed E-state index contributed by atoms with van der Waals surface area (Å²) in [5.41, 5.74) is 6.71. The number of hydrogen-bond donors (Lipinski definition) is 2. The van der Waals surface area contributed by atoms with Crippen molar-refractivity contribution >= 4 is 28.5 Å². The van der Waals surface area contributed by atoms with Crippen molar-refractivity contribution in [1.29, 1.82) is 0 Å². The Hall–Kier alpha value is -3.13. The molecule has 2 aliphatic rings. The molecule has 2 N–H and O–H groups in total. The standard InChI is InChI=1S/C25H24F4N4/c26-17-7-10-20-21-11-13-30-22-4-2-1-3-18(12-14-33(24(21)22)23(20)15-17)31-32-19-8-5-16(6-9-19)25(27,28)29/h5-10,12,14-15,22,30,32H,1-4,11,13H2/b14-12-,31-18-/t22-/m0/s1. The molecule has 2 aromatic carbocycles. The zero-order valence-corrected chi connectivity index (χ0v) is 17.9. The molecular formula is C25H24F4N4. The van der Waals surface area contributed by atoms with Crippen molar-refractivity contribution in [3.05, 3.63) is 71.2 Å². The molecule has 0 fully saturated rings. The minimum absolute atomic E-state index is 0.220. The number of hydrazone groups is 1. The maximum Gasteiger partial charge on any atom is 0.416 e. The Morgan fingerprint density at radius 3 is 2.64 bits per heavy atom. The number of aromatic nitrogens is 1. The van der Waals surface area contributed by atoms with E-state index in [1.165, 1.54) is 29.5 Å². The number of nitrogens with zero attached hydrogens (tertiary/aromatic N) is 2. The molecule has 0 radical (unpaired) electrons. The first-order valence-corrected chi connectivity index (χ1v) is 11.1. The van der Waals surface area contributed by atoms with E-state index in [1.807, 2.05) is 18.3 Å². The molecule has 0 saturated heterocycles. The highest BCUT2D eigenvalue weighted by atomic mass is 19.4. The third-order valence-electron chi connectivity index (χ3n) is 6.34. The van der Waals surface area contributed by atoms with Crippen LogP contribution in [0.5, 0.6) is 0 Å². The van der Waals surface area contributed by atoms with Gasteiger partial charge < -0.3 is 9.88 Å². The maximum absolute atomic E-state index is 14.1. The fourth-order valence-corrected chi connectivity index (χ4v) is 4.74. The van der Waals surface area contributed by atoms with E-state index in [0.717, 1.165) is 67.4 Å². The van der Waals surface area contributed by atoms with E-state index in [-0.39, 0.29) is 11.9 Å². The predicted molar refractivity (Wildman–Crippen MR) is 123 cm³/mol. The molecule has 0 spiro atoms. The summed E-state index contributed by atoms with van der Waals surface area (Å²) in [6, 6.07) is 9.95. The van der Waals surface area contributed by atoms with Gasteiger partial charge in [0.05, 0.1) is 22.5 Å². The molecule has 0 bridgehead atoms. The second-order valence-electron chi connectivity index (χ2n) is 8.50. The molecule has 1 aromatic heterocycles. The van der Waals surface area contributed by atoms with Crippen molar-refractivity contribution < 1.29 is 17.6 Å². The Bertz CT molecular complexity index is 1220. The lowest BCUT2D eigenvalue weighted by Gasteiger charge is -2.27. The van der Waals surface area contributed by atoms with Crippen LogP contribution in [0, 0.1) is 5.82 Å². The molecular weight excluding hydrogens is 432 g/mol. The molecule has 172 valence electrons. The topological polar surface area (TPSA) is 41.4 Å². The molecule has 5 rings (SSSR count). The summed E-state index contributed by atoms with van der Waals surface area (Å²) in [5.74, 6) is -0.276. The van der Waals surface area contributed by atoms with Gasteiger partial charge in [-0.2, -0.15) is 18.3 Å². The summed E-state index contributed by atoms with van der Waals surface area (Å²) >= 11 is 0. The van der Waals surface area contributed by atoms with Crippen LogP contribution in [0.3, 0.4) is 0 Å². The lowest BCUT2D eigenvalue weighted by Crippen LogP contribution is -2.31. The molecule has 2 aliphatic heterocycles. The van der Waals surface area contributed by atoms with Gasteiger partial charge in [-0.05, 0) is 86.3 Å². The fraction of sp³-hybridized carbons (Fsp3) is 0.320. The van der Waals surface area contributed by atoms with Gasteiger partial charge in [0.25, 0.3) is 0 Å². The molecule has 3 heterocycles. The van der Waals surface area contributed by atoms with Gasteiger partial charge in [-0.15, -0.1) is 0 Å². The van der Waals surface area contributed by atoms with Crippen LogP contribution in [0.1, 0.15) is 48.5 Å². The van der Waals surface area contributed by atoms with Gasteiger partial charge >= 0.3 is 6.18 Å². The van der Waals surface area contributed by atoms with Crippen LogP contribution in [0.4, 0.5) is 23.2 Å². The van der Waals surface area contributed by atoms with Crippen LogP contribution in [-0.4, -0.2) is 16.8 Å². The van der Waals surface area contributed by atoms with Gasteiger partial charge in [-0.3, -0.25) is 5.43 Å². The van der Waals surface area contributed by atoms with Crippen LogP contribution in [0.2, 0.25) is 0 Å². The summed E-state index contributed by atoms with van der Waals surface area (Å²) in [6.45, 7) is 0.904. The van der Waals surface area contributed by atoms with E-state index in [0.29, 0.717) is 5.69 Å². The van der Waals surface area contributed by atoms with Crippen molar-refractivity contribution in [2.75, 3.05) is 12.0 Å². The lowest BCUT2D eigenvalue weighted by molar-refractivity contribution is -0.137. The number of nitrogens with one attached hydrogen (secondary N) is 2. The first-order valence-electron chi connectivity index (χ1n) is 11.1. The molecule has 0 unspecified atom stereocenters. The Kier molecular flexibility index (Phi) is 5.70. The average Bonchev–Trinajstić information content (AvgIpc) is 3.11. The first-order chi connectivity index (χ1) is 15.9. The van der Waals surface area contributed by atoms with E-state index in [4.69, 9.17) is 0 Å². The van der Waals surface area contributed by atoms with E-state index in [1.54, 1.807) is 6.07 Å². The van der Waals surface area contributed by atoms with E-state index < -0.39 is 11.7 Å². The SMILES string of the molecule is Fc1ccc2c3c4n(c2c1)/C=C\C(=N/Nc1ccc(C(F)(F)F)cc1)CCCC[C@@H]4NCC3. The van der Waals surface area contributed by atoms with Crippen molar-refractivity contribution in [3.63, 3.8) is 0 Å². The summed E-state index contributed by atoms with van der Waals surface area (Å²) in [4.78, 5) is 0. The Morgan fingerprint density at radius 2 is 1.85 bits per heavy atom. The highest BCUT2D eigenvalue weighted by Crippen LogP contribution is 2.36. The molecule has 0 saturated carbocycles. The molecule has 1 atom stereocenters. The number of hydrogen-bond acceptors (Lipinski definition) is 3. The quantitative estimate of drug-likeness (QED) is 0.341. The number of halogens is 4. The van der Waals surface area contributed by atoms with Crippen LogP contribution < -0.4 is 10.7 Å². The minimum atomic E-state index is -4.37. The van der Waals surface area contributed by atoms with Gasteiger partial charge in [0.1, 0.15) is 5.82 Å². The molecule has 4 nitrogen and oxygen atoms in total. The second kappa shape index (κ2) is 8.67. The van der Waals surface area contributed by atoms with Gasteiger partial charge in [-0.25, -0.2) is 4.39 Å². The van der Waals surface area contributed by atoms with Gasteiger partial charge in [-0.1, -0.05) is 6.42 Å². The van der Waals surface area contributed by atoms with Gasteiger partial charge in [0.15, 0.2) is 0 Å². The first kappa shape index (κ1) is 21.7. The van der Waals surface area contributed by atoms with Crippen molar-refractivity contribution in [2.24, 2.45) is 5.10 Å². The lowest BCUT2D eigenvalue weighted by atomic mass is 9.95. The highest BCUT2D eigenvalue weighted by molar-refractivity contribution is 5.98. The molecule has 3 aromatic rings. The third kappa shape index (κ3) is 4.39. The van der Waals surface area contributed by atoms with Crippen LogP contribution in [-0.2, 0) is 12.6 Å². The minimum Gasteiger partial charge on any atom is -0.318 e. The molecule has 0 amide bonds. The Labute approximate surface area is 189 Å². The molecule has 33 heavy (non-hydrogen) atoms. The normalized spacial score (nSPS) is 21.1. The van der Waals surface area contributed by atoms with Gasteiger partial charge in [0, 0.05) is 23.3 Å². The second-order valence-corrected chi connectivity index (χ2v) is 8.50. The van der Waals surface area contributed by atoms with E-state index in [9.17, 15) is 17.6 Å². The number of fused-ring (bicyclic) bond motifs is 3. The average molecular weight is 456 g/mol. The van der Waals surface area contributed by atoms with Crippen LogP contribution >= 0.6 is 0 Å². The number of allylic oxidation sites excluding steroid dienone is 1. The van der Waals surface area contributed by atoms with Gasteiger partial charge in [0.2, 0.25) is 0 Å². The summed E-state index contributed by atoms with van der Waals surface area (Å²) in [7, 11) is 0. The largest absolute Gasteiger partial charge is 0.416 e. The van der Waals surface area contributed by atoms with E-state index in [2.05, 4.69) is 20.4 Å². The molecule has 8 heteroatoms. The van der Waals surface area contributed by atoms with E-state index >= 15 is 0 Å². The fourth-order valence-electron chi connectivity index (χ4n) is 4.74. The monoisotopic (exact) mass is 456 g/mol. The zero-order chi connectivity index (χ0) is 23.0. The Morgan fingerprint density at radius 1 is 1.03 bits per heavy atom. The predicted octanol–water partition coefficient (Wildman–Crippen LogP) is 6.50. The number of rotatable bonds is 2. The summed E-state index contributed by atoms with van der Waals surface area (Å²) < 4.78 is 54.5. The summed E-state index contributed by atoms with van der Waals surface area (Å²) in [6.07, 6.45) is 4.00. The zero-order valence-electron chi connectivity index (χ0n) is 17.9. The Balaban J connectivity index is 1.48. The van der Waals surface area contributed by atoms with Crippen LogP contribution in [0.15, 0.2) is 53.6 Å². The molecule has 0 aliphatic carbocycles. The highest BCUT2D eigenvalue weighted by Gasteiger charge is 2.30. The van der Waals surface area contributed by atoms with Crippen molar-refractivity contribution in [2.45, 2.75) is 44.3 Å². The summed E-state index contributed by atoms with van der Waals surface area (Å²) in [5, 5.41) is 9.13. The third-order valence-corrected chi connectivity index (χ3v) is 6.34. The van der Waals surface area contributed by atoms with Crippen molar-refractivity contribution in [3.8, 4) is 0 Å². The number of alkyl halides is 3. The number of anilines is 1. The maximum atomic E-state index is 14.1. The van der Waals surface area contributed by atoms with Crippen LogP contribution in [0.25, 0.3) is 17.1 Å². The van der Waals surface area contributed by atoms with Crippen molar-refractivity contribution in [1.82, 2.24) is 9.88 Å². The number of benzene rings is 2.